The lowest BCUT2D eigenvalue weighted by molar-refractivity contribution is 0.295. The second-order valence-corrected chi connectivity index (χ2v) is 6.80. The fourth-order valence-electron chi connectivity index (χ4n) is 1.94. The molecule has 4 heteroatoms. The quantitative estimate of drug-likeness (QED) is 0.627. The Balaban J connectivity index is 2.50. The molecule has 1 N–H and O–H groups in total. The molecule has 3 nitrogen and oxygen atoms in total. The average molecular weight is 311 g/mol. The van der Waals surface area contributed by atoms with Crippen molar-refractivity contribution >= 4 is 11.8 Å². The predicted molar refractivity (Wildman–Crippen MR) is 92.6 cm³/mol. The van der Waals surface area contributed by atoms with Crippen molar-refractivity contribution in [3.8, 4) is 11.5 Å². The van der Waals surface area contributed by atoms with E-state index in [0.717, 1.165) is 43.4 Å². The largest absolute Gasteiger partial charge is 0.493 e. The molecule has 1 aromatic rings. The summed E-state index contributed by atoms with van der Waals surface area (Å²) in [5, 5.41) is 3.45. The van der Waals surface area contributed by atoms with Crippen molar-refractivity contribution in [1.29, 1.82) is 0 Å². The van der Waals surface area contributed by atoms with Crippen LogP contribution in [0, 0.1) is 5.92 Å². The van der Waals surface area contributed by atoms with E-state index in [0.29, 0.717) is 5.92 Å². The predicted octanol–water partition coefficient (Wildman–Crippen LogP) is 3.96. The summed E-state index contributed by atoms with van der Waals surface area (Å²) in [6.45, 7) is 9.24. The van der Waals surface area contributed by atoms with E-state index in [1.165, 1.54) is 11.3 Å². The van der Waals surface area contributed by atoms with Gasteiger partial charge in [0.25, 0.3) is 0 Å². The monoisotopic (exact) mass is 311 g/mol. The second kappa shape index (κ2) is 10.8. The standard InChI is InChI=1S/C17H29NO2S/c1-5-21-10-6-9-20-17-11-15(7-8-16(17)19-4)13-18-12-14(2)3/h7-8,11,14,18H,5-6,9-10,12-13H2,1-4H3. The van der Waals surface area contributed by atoms with Crippen LogP contribution in [0.15, 0.2) is 18.2 Å². The number of rotatable bonds is 11. The van der Waals surface area contributed by atoms with Gasteiger partial charge in [-0.1, -0.05) is 26.8 Å². The lowest BCUT2D eigenvalue weighted by Gasteiger charge is -2.13. The molecule has 21 heavy (non-hydrogen) atoms. The van der Waals surface area contributed by atoms with E-state index >= 15 is 0 Å². The molecule has 0 atom stereocenters. The highest BCUT2D eigenvalue weighted by Gasteiger charge is 2.06. The lowest BCUT2D eigenvalue weighted by atomic mass is 10.2. The second-order valence-electron chi connectivity index (χ2n) is 5.41. The van der Waals surface area contributed by atoms with E-state index in [-0.39, 0.29) is 0 Å². The molecule has 0 radical (unpaired) electrons. The molecule has 0 amide bonds. The first-order valence-corrected chi connectivity index (χ1v) is 8.91. The van der Waals surface area contributed by atoms with Crippen LogP contribution in [-0.2, 0) is 6.54 Å². The number of thioether (sulfide) groups is 1. The van der Waals surface area contributed by atoms with Gasteiger partial charge in [-0.25, -0.2) is 0 Å². The van der Waals surface area contributed by atoms with Gasteiger partial charge in [-0.2, -0.15) is 11.8 Å². The van der Waals surface area contributed by atoms with Crippen LogP contribution in [0.3, 0.4) is 0 Å². The van der Waals surface area contributed by atoms with E-state index < -0.39 is 0 Å². The fraction of sp³-hybridized carbons (Fsp3) is 0.647. The van der Waals surface area contributed by atoms with Gasteiger partial charge in [0.05, 0.1) is 13.7 Å². The zero-order valence-corrected chi connectivity index (χ0v) is 14.6. The van der Waals surface area contributed by atoms with Crippen LogP contribution < -0.4 is 14.8 Å². The molecule has 120 valence electrons. The third-order valence-electron chi connectivity index (χ3n) is 3.00. The summed E-state index contributed by atoms with van der Waals surface area (Å²) in [6, 6.07) is 6.16. The Kier molecular flexibility index (Phi) is 9.35. The summed E-state index contributed by atoms with van der Waals surface area (Å²) in [5.74, 6) is 4.64. The maximum absolute atomic E-state index is 5.88. The molecule has 0 fully saturated rings. The Morgan fingerprint density at radius 1 is 1.24 bits per heavy atom. The summed E-state index contributed by atoms with van der Waals surface area (Å²) in [4.78, 5) is 0. The first kappa shape index (κ1) is 18.2. The smallest absolute Gasteiger partial charge is 0.161 e. The molecule has 0 spiro atoms. The van der Waals surface area contributed by atoms with E-state index in [2.05, 4.69) is 38.2 Å². The molecular weight excluding hydrogens is 282 g/mol. The Labute approximate surface area is 133 Å². The van der Waals surface area contributed by atoms with Gasteiger partial charge in [-0.05, 0) is 48.1 Å². The van der Waals surface area contributed by atoms with Crippen LogP contribution in [0.4, 0.5) is 0 Å². The van der Waals surface area contributed by atoms with Gasteiger partial charge >= 0.3 is 0 Å². The first-order chi connectivity index (χ1) is 10.2. The summed E-state index contributed by atoms with van der Waals surface area (Å²) in [5.41, 5.74) is 1.23. The van der Waals surface area contributed by atoms with Gasteiger partial charge in [0.2, 0.25) is 0 Å². The van der Waals surface area contributed by atoms with Crippen LogP contribution in [0.1, 0.15) is 32.8 Å². The Morgan fingerprint density at radius 3 is 2.71 bits per heavy atom. The SMILES string of the molecule is CCSCCCOc1cc(CNCC(C)C)ccc1OC. The third kappa shape index (κ3) is 7.63. The molecule has 0 heterocycles. The van der Waals surface area contributed by atoms with Crippen molar-refractivity contribution < 1.29 is 9.47 Å². The van der Waals surface area contributed by atoms with Gasteiger partial charge in [0, 0.05) is 6.54 Å². The van der Waals surface area contributed by atoms with Crippen molar-refractivity contribution in [2.24, 2.45) is 5.92 Å². The highest BCUT2D eigenvalue weighted by molar-refractivity contribution is 7.99. The zero-order valence-electron chi connectivity index (χ0n) is 13.8. The van der Waals surface area contributed by atoms with Gasteiger partial charge < -0.3 is 14.8 Å². The molecule has 0 saturated heterocycles. The number of nitrogens with one attached hydrogen (secondary N) is 1. The lowest BCUT2D eigenvalue weighted by Crippen LogP contribution is -2.19. The van der Waals surface area contributed by atoms with E-state index in [9.17, 15) is 0 Å². The number of hydrogen-bond acceptors (Lipinski definition) is 4. The van der Waals surface area contributed by atoms with Crippen LogP contribution in [0.5, 0.6) is 11.5 Å². The molecular formula is C17H29NO2S. The maximum Gasteiger partial charge on any atom is 0.161 e. The molecule has 0 bridgehead atoms. The minimum atomic E-state index is 0.662. The van der Waals surface area contributed by atoms with Crippen molar-refractivity contribution in [3.05, 3.63) is 23.8 Å². The topological polar surface area (TPSA) is 30.5 Å². The maximum atomic E-state index is 5.88. The summed E-state index contributed by atoms with van der Waals surface area (Å²) in [6.07, 6.45) is 1.07. The Bertz CT molecular complexity index is 396. The Hall–Kier alpha value is -0.870. The normalized spacial score (nSPS) is 10.9. The molecule has 0 aliphatic carbocycles. The summed E-state index contributed by atoms with van der Waals surface area (Å²) >= 11 is 1.95. The highest BCUT2D eigenvalue weighted by Crippen LogP contribution is 2.28. The summed E-state index contributed by atoms with van der Waals surface area (Å²) in [7, 11) is 1.69. The molecule has 1 rings (SSSR count). The molecule has 0 unspecified atom stereocenters. The number of ether oxygens (including phenoxy) is 2. The average Bonchev–Trinajstić information content (AvgIpc) is 2.47. The summed E-state index contributed by atoms with van der Waals surface area (Å²) < 4.78 is 11.2. The number of methoxy groups -OCH3 is 1. The third-order valence-corrected chi connectivity index (χ3v) is 3.99. The first-order valence-electron chi connectivity index (χ1n) is 7.75. The Morgan fingerprint density at radius 2 is 2.05 bits per heavy atom. The molecule has 0 aliphatic rings. The molecule has 1 aromatic carbocycles. The van der Waals surface area contributed by atoms with Crippen LogP contribution >= 0.6 is 11.8 Å². The van der Waals surface area contributed by atoms with Crippen LogP contribution in [0.2, 0.25) is 0 Å². The van der Waals surface area contributed by atoms with Crippen LogP contribution in [-0.4, -0.2) is 31.8 Å². The number of benzene rings is 1. The molecule has 0 aromatic heterocycles. The van der Waals surface area contributed by atoms with Gasteiger partial charge in [-0.15, -0.1) is 0 Å². The highest BCUT2D eigenvalue weighted by atomic mass is 32.2. The zero-order chi connectivity index (χ0) is 15.5. The van der Waals surface area contributed by atoms with Crippen molar-refractivity contribution in [1.82, 2.24) is 5.32 Å². The molecule has 0 aliphatic heterocycles. The van der Waals surface area contributed by atoms with Crippen molar-refractivity contribution in [2.45, 2.75) is 33.7 Å². The van der Waals surface area contributed by atoms with E-state index in [1.807, 2.05) is 17.8 Å². The van der Waals surface area contributed by atoms with Gasteiger partial charge in [0.15, 0.2) is 11.5 Å². The van der Waals surface area contributed by atoms with E-state index in [1.54, 1.807) is 7.11 Å². The minimum absolute atomic E-state index is 0.662. The van der Waals surface area contributed by atoms with Gasteiger partial charge in [-0.3, -0.25) is 0 Å². The number of hydrogen-bond donors (Lipinski definition) is 1. The van der Waals surface area contributed by atoms with Crippen molar-refractivity contribution in [3.63, 3.8) is 0 Å². The van der Waals surface area contributed by atoms with Gasteiger partial charge in [0.1, 0.15) is 0 Å². The molecule has 0 saturated carbocycles. The minimum Gasteiger partial charge on any atom is -0.493 e. The fourth-order valence-corrected chi connectivity index (χ4v) is 2.55. The van der Waals surface area contributed by atoms with Crippen molar-refractivity contribution in [2.75, 3.05) is 31.8 Å². The van der Waals surface area contributed by atoms with E-state index in [4.69, 9.17) is 9.47 Å². The van der Waals surface area contributed by atoms with Crippen LogP contribution in [0.25, 0.3) is 0 Å².